The van der Waals surface area contributed by atoms with Gasteiger partial charge in [-0.05, 0) is 24.6 Å². The minimum absolute atomic E-state index is 0.0917. The van der Waals surface area contributed by atoms with Crippen molar-refractivity contribution in [3.05, 3.63) is 71.8 Å². The number of nitrogens with zero attached hydrogens (tertiary/aromatic N) is 1. The summed E-state index contributed by atoms with van der Waals surface area (Å²) in [5.74, 6) is 0. The Bertz CT molecular complexity index is 952. The van der Waals surface area contributed by atoms with Gasteiger partial charge in [-0.3, -0.25) is 0 Å². The number of benzene rings is 2. The molecule has 0 aliphatic carbocycles. The van der Waals surface area contributed by atoms with Crippen molar-refractivity contribution in [1.29, 1.82) is 0 Å². The maximum Gasteiger partial charge on any atom is 0.243 e. The van der Waals surface area contributed by atoms with Crippen molar-refractivity contribution in [3.8, 4) is 0 Å². The van der Waals surface area contributed by atoms with Crippen LogP contribution in [0.2, 0.25) is 0 Å². The van der Waals surface area contributed by atoms with Gasteiger partial charge in [-0.2, -0.15) is 4.31 Å². The Hall–Kier alpha value is -1.99. The molecule has 2 saturated heterocycles. The molecule has 2 aliphatic rings. The van der Waals surface area contributed by atoms with Crippen molar-refractivity contribution in [1.82, 2.24) is 4.31 Å². The predicted molar refractivity (Wildman–Crippen MR) is 113 cm³/mol. The Morgan fingerprint density at radius 2 is 1.83 bits per heavy atom. The maximum atomic E-state index is 13.1. The van der Waals surface area contributed by atoms with Crippen LogP contribution in [0.15, 0.2) is 65.6 Å². The summed E-state index contributed by atoms with van der Waals surface area (Å²) in [6.45, 7) is 3.65. The largest absolute Gasteiger partial charge is 0.374 e. The van der Waals surface area contributed by atoms with Crippen molar-refractivity contribution in [3.63, 3.8) is 0 Å². The summed E-state index contributed by atoms with van der Waals surface area (Å²) in [6.07, 6.45) is 5.35. The molecule has 4 rings (SSSR count). The van der Waals surface area contributed by atoms with E-state index in [-0.39, 0.29) is 6.10 Å². The lowest BCUT2D eigenvalue weighted by molar-refractivity contribution is -0.153. The second kappa shape index (κ2) is 8.40. The highest BCUT2D eigenvalue weighted by Crippen LogP contribution is 2.34. The fourth-order valence-electron chi connectivity index (χ4n) is 3.98. The Labute approximate surface area is 173 Å². The van der Waals surface area contributed by atoms with Gasteiger partial charge in [-0.1, -0.05) is 60.2 Å². The first-order valence-electron chi connectivity index (χ1n) is 10.0. The minimum Gasteiger partial charge on any atom is -0.374 e. The van der Waals surface area contributed by atoms with E-state index >= 15 is 0 Å². The van der Waals surface area contributed by atoms with Crippen LogP contribution in [0.4, 0.5) is 0 Å². The second-order valence-electron chi connectivity index (χ2n) is 7.82. The number of aryl methyl sites for hydroxylation is 1. The lowest BCUT2D eigenvalue weighted by Gasteiger charge is -2.46. The first-order valence-corrected chi connectivity index (χ1v) is 11.5. The van der Waals surface area contributed by atoms with E-state index in [1.54, 1.807) is 16.4 Å². The van der Waals surface area contributed by atoms with Gasteiger partial charge in [-0.15, -0.1) is 0 Å². The van der Waals surface area contributed by atoms with Gasteiger partial charge in [-0.25, -0.2) is 8.42 Å². The van der Waals surface area contributed by atoms with Gasteiger partial charge in [0, 0.05) is 25.9 Å². The summed E-state index contributed by atoms with van der Waals surface area (Å²) in [5, 5.41) is 0. The SMILES string of the molecule is Cc1ccc(S(=O)(=O)N2CCO[C@@]3(CCO[C@@H](/C=C/c4ccccc4)C3)C2)cc1. The van der Waals surface area contributed by atoms with Gasteiger partial charge >= 0.3 is 0 Å². The molecule has 2 aromatic rings. The van der Waals surface area contributed by atoms with E-state index < -0.39 is 15.6 Å². The molecular formula is C23H27NO4S. The zero-order chi connectivity index (χ0) is 20.3. The fourth-order valence-corrected chi connectivity index (χ4v) is 5.48. The summed E-state index contributed by atoms with van der Waals surface area (Å²) in [7, 11) is -3.53. The van der Waals surface area contributed by atoms with Crippen LogP contribution in [0, 0.1) is 6.92 Å². The number of morpholine rings is 1. The third-order valence-corrected chi connectivity index (χ3v) is 7.50. The average molecular weight is 414 g/mol. The first kappa shape index (κ1) is 20.3. The second-order valence-corrected chi connectivity index (χ2v) is 9.75. The number of sulfonamides is 1. The molecule has 0 radical (unpaired) electrons. The van der Waals surface area contributed by atoms with E-state index in [2.05, 4.69) is 0 Å². The molecule has 0 aromatic heterocycles. The molecule has 0 bridgehead atoms. The lowest BCUT2D eigenvalue weighted by atomic mass is 9.88. The van der Waals surface area contributed by atoms with E-state index in [1.807, 2.05) is 61.5 Å². The van der Waals surface area contributed by atoms with Crippen LogP contribution < -0.4 is 0 Å². The van der Waals surface area contributed by atoms with E-state index in [0.29, 0.717) is 44.0 Å². The molecular weight excluding hydrogens is 386 g/mol. The van der Waals surface area contributed by atoms with Crippen molar-refractivity contribution >= 4 is 16.1 Å². The molecule has 0 amide bonds. The smallest absolute Gasteiger partial charge is 0.243 e. The van der Waals surface area contributed by atoms with Crippen LogP contribution in [0.25, 0.3) is 6.08 Å². The van der Waals surface area contributed by atoms with E-state index in [0.717, 1.165) is 11.1 Å². The molecule has 0 unspecified atom stereocenters. The zero-order valence-corrected chi connectivity index (χ0v) is 17.5. The van der Waals surface area contributed by atoms with Gasteiger partial charge in [0.25, 0.3) is 0 Å². The first-order chi connectivity index (χ1) is 14.0. The number of rotatable bonds is 4. The van der Waals surface area contributed by atoms with Gasteiger partial charge in [0.15, 0.2) is 0 Å². The number of hydrogen-bond acceptors (Lipinski definition) is 4. The molecule has 6 heteroatoms. The fraction of sp³-hybridized carbons (Fsp3) is 0.391. The highest BCUT2D eigenvalue weighted by Gasteiger charge is 2.44. The Morgan fingerprint density at radius 1 is 1.07 bits per heavy atom. The van der Waals surface area contributed by atoms with Gasteiger partial charge in [0.05, 0.1) is 29.8 Å². The molecule has 2 aromatic carbocycles. The standard InChI is InChI=1S/C23H27NO4S/c1-19-7-11-22(12-8-19)29(25,26)24-14-16-28-23(18-24)13-15-27-21(17-23)10-9-20-5-3-2-4-6-20/h2-12,21H,13-18H2,1H3/b10-9+/t21-,23+/m0/s1. The summed E-state index contributed by atoms with van der Waals surface area (Å²) in [6, 6.07) is 17.1. The van der Waals surface area contributed by atoms with Crippen molar-refractivity contribution in [2.75, 3.05) is 26.3 Å². The topological polar surface area (TPSA) is 55.8 Å². The third kappa shape index (κ3) is 4.61. The molecule has 5 nitrogen and oxygen atoms in total. The van der Waals surface area contributed by atoms with Gasteiger partial charge in [0.2, 0.25) is 10.0 Å². The monoisotopic (exact) mass is 413 g/mol. The van der Waals surface area contributed by atoms with Crippen LogP contribution >= 0.6 is 0 Å². The zero-order valence-electron chi connectivity index (χ0n) is 16.7. The Morgan fingerprint density at radius 3 is 2.59 bits per heavy atom. The lowest BCUT2D eigenvalue weighted by Crippen LogP contribution is -2.57. The van der Waals surface area contributed by atoms with Crippen molar-refractivity contribution < 1.29 is 17.9 Å². The van der Waals surface area contributed by atoms with E-state index in [4.69, 9.17) is 9.47 Å². The van der Waals surface area contributed by atoms with Crippen LogP contribution in [-0.4, -0.2) is 50.7 Å². The molecule has 1 spiro atoms. The third-order valence-electron chi connectivity index (χ3n) is 5.64. The molecule has 0 saturated carbocycles. The Balaban J connectivity index is 1.49. The highest BCUT2D eigenvalue weighted by atomic mass is 32.2. The van der Waals surface area contributed by atoms with Crippen LogP contribution in [0.3, 0.4) is 0 Å². The van der Waals surface area contributed by atoms with E-state index in [9.17, 15) is 8.42 Å². The summed E-state index contributed by atoms with van der Waals surface area (Å²) in [5.41, 5.74) is 1.66. The van der Waals surface area contributed by atoms with Crippen molar-refractivity contribution in [2.24, 2.45) is 0 Å². The van der Waals surface area contributed by atoms with Crippen LogP contribution in [0.1, 0.15) is 24.0 Å². The Kier molecular flexibility index (Phi) is 5.88. The van der Waals surface area contributed by atoms with Gasteiger partial charge in [0.1, 0.15) is 0 Å². The van der Waals surface area contributed by atoms with Crippen LogP contribution in [-0.2, 0) is 19.5 Å². The minimum atomic E-state index is -3.53. The normalized spacial score (nSPS) is 26.2. The summed E-state index contributed by atoms with van der Waals surface area (Å²) in [4.78, 5) is 0.340. The molecule has 154 valence electrons. The predicted octanol–water partition coefficient (Wildman–Crippen LogP) is 3.65. The molecule has 0 N–H and O–H groups in total. The van der Waals surface area contributed by atoms with Crippen LogP contribution in [0.5, 0.6) is 0 Å². The molecule has 2 fully saturated rings. The maximum absolute atomic E-state index is 13.1. The molecule has 2 atom stereocenters. The number of hydrogen-bond donors (Lipinski definition) is 0. The van der Waals surface area contributed by atoms with Crippen molar-refractivity contribution in [2.45, 2.75) is 36.4 Å². The molecule has 29 heavy (non-hydrogen) atoms. The summed E-state index contributed by atoms with van der Waals surface area (Å²) < 4.78 is 39.9. The van der Waals surface area contributed by atoms with Gasteiger partial charge < -0.3 is 9.47 Å². The average Bonchev–Trinajstić information content (AvgIpc) is 2.73. The highest BCUT2D eigenvalue weighted by molar-refractivity contribution is 7.89. The molecule has 2 aliphatic heterocycles. The summed E-state index contributed by atoms with van der Waals surface area (Å²) >= 11 is 0. The number of ether oxygens (including phenoxy) is 2. The van der Waals surface area contributed by atoms with E-state index in [1.165, 1.54) is 0 Å². The molecule has 2 heterocycles. The quantitative estimate of drug-likeness (QED) is 0.768.